The first-order chi connectivity index (χ1) is 8.22. The van der Waals surface area contributed by atoms with Crippen LogP contribution in [0.25, 0.3) is 22.2 Å². The summed E-state index contributed by atoms with van der Waals surface area (Å²) in [5.74, 6) is 0. The molecule has 0 amide bonds. The lowest BCUT2D eigenvalue weighted by Crippen LogP contribution is -1.84. The molecule has 3 heteroatoms. The molecule has 0 unspecified atom stereocenters. The lowest BCUT2D eigenvalue weighted by molar-refractivity contribution is 1.45. The van der Waals surface area contributed by atoms with E-state index in [0.29, 0.717) is 0 Å². The number of anilines is 2. The third-order valence-electron chi connectivity index (χ3n) is 2.84. The standard InChI is InChI=1S/C14H13N3/c15-11-3-1-2-9(6-11)14-8-10-7-12(16)4-5-13(10)17-14/h1-8,17H,15-16H2. The average molecular weight is 223 g/mol. The van der Waals surface area contributed by atoms with Gasteiger partial charge in [-0.2, -0.15) is 0 Å². The van der Waals surface area contributed by atoms with Crippen molar-refractivity contribution >= 4 is 22.3 Å². The van der Waals surface area contributed by atoms with E-state index >= 15 is 0 Å². The van der Waals surface area contributed by atoms with Gasteiger partial charge in [0.05, 0.1) is 0 Å². The zero-order valence-electron chi connectivity index (χ0n) is 9.27. The van der Waals surface area contributed by atoms with Crippen molar-refractivity contribution in [3.63, 3.8) is 0 Å². The first kappa shape index (κ1) is 9.78. The Labute approximate surface area is 99.1 Å². The fraction of sp³-hybridized carbons (Fsp3) is 0. The molecule has 1 heterocycles. The van der Waals surface area contributed by atoms with Gasteiger partial charge in [-0.25, -0.2) is 0 Å². The highest BCUT2D eigenvalue weighted by Gasteiger charge is 2.03. The second kappa shape index (κ2) is 3.56. The van der Waals surface area contributed by atoms with Crippen molar-refractivity contribution in [2.24, 2.45) is 0 Å². The van der Waals surface area contributed by atoms with Crippen LogP contribution in [0.3, 0.4) is 0 Å². The van der Waals surface area contributed by atoms with E-state index in [0.717, 1.165) is 33.5 Å². The van der Waals surface area contributed by atoms with E-state index in [1.807, 2.05) is 42.5 Å². The number of nitrogens with two attached hydrogens (primary N) is 2. The maximum absolute atomic E-state index is 5.78. The van der Waals surface area contributed by atoms with Crippen LogP contribution in [-0.2, 0) is 0 Å². The topological polar surface area (TPSA) is 67.8 Å². The number of nitrogens with one attached hydrogen (secondary N) is 1. The maximum atomic E-state index is 5.78. The lowest BCUT2D eigenvalue weighted by atomic mass is 10.1. The zero-order valence-corrected chi connectivity index (χ0v) is 9.27. The van der Waals surface area contributed by atoms with E-state index in [-0.39, 0.29) is 0 Å². The van der Waals surface area contributed by atoms with Crippen molar-refractivity contribution in [2.75, 3.05) is 11.5 Å². The summed E-state index contributed by atoms with van der Waals surface area (Å²) < 4.78 is 0. The summed E-state index contributed by atoms with van der Waals surface area (Å²) in [4.78, 5) is 3.36. The SMILES string of the molecule is Nc1cccc(-c2cc3cc(N)ccc3[nH]2)c1. The lowest BCUT2D eigenvalue weighted by Gasteiger charge is -1.98. The van der Waals surface area contributed by atoms with Gasteiger partial charge in [0.15, 0.2) is 0 Å². The summed E-state index contributed by atoms with van der Waals surface area (Å²) in [6, 6.07) is 15.7. The number of hydrogen-bond donors (Lipinski definition) is 3. The van der Waals surface area contributed by atoms with E-state index in [1.165, 1.54) is 0 Å². The summed E-state index contributed by atoms with van der Waals surface area (Å²) in [7, 11) is 0. The predicted octanol–water partition coefficient (Wildman–Crippen LogP) is 3.00. The number of aromatic amines is 1. The Bertz CT molecular complexity index is 683. The highest BCUT2D eigenvalue weighted by Crippen LogP contribution is 2.26. The highest BCUT2D eigenvalue weighted by molar-refractivity contribution is 5.88. The van der Waals surface area contributed by atoms with Gasteiger partial charge in [-0.05, 0) is 42.0 Å². The Morgan fingerprint density at radius 1 is 0.824 bits per heavy atom. The smallest absolute Gasteiger partial charge is 0.0465 e. The molecule has 5 N–H and O–H groups in total. The van der Waals surface area contributed by atoms with Gasteiger partial charge in [-0.3, -0.25) is 0 Å². The minimum atomic E-state index is 0.765. The fourth-order valence-corrected chi connectivity index (χ4v) is 2.01. The average Bonchev–Trinajstić information content (AvgIpc) is 2.72. The van der Waals surface area contributed by atoms with Crippen LogP contribution in [-0.4, -0.2) is 4.98 Å². The van der Waals surface area contributed by atoms with Crippen LogP contribution in [0.1, 0.15) is 0 Å². The van der Waals surface area contributed by atoms with E-state index < -0.39 is 0 Å². The number of benzene rings is 2. The molecule has 1 aromatic heterocycles. The number of nitrogen functional groups attached to an aromatic ring is 2. The summed E-state index contributed by atoms with van der Waals surface area (Å²) in [6.07, 6.45) is 0. The molecule has 0 bridgehead atoms. The molecule has 0 aliphatic carbocycles. The minimum absolute atomic E-state index is 0.765. The van der Waals surface area contributed by atoms with E-state index in [9.17, 15) is 0 Å². The Balaban J connectivity index is 2.18. The molecule has 2 aromatic carbocycles. The molecular weight excluding hydrogens is 210 g/mol. The predicted molar refractivity (Wildman–Crippen MR) is 72.6 cm³/mol. The van der Waals surface area contributed by atoms with Crippen molar-refractivity contribution in [3.8, 4) is 11.3 Å². The van der Waals surface area contributed by atoms with Crippen LogP contribution < -0.4 is 11.5 Å². The van der Waals surface area contributed by atoms with Crippen LogP contribution in [0.2, 0.25) is 0 Å². The van der Waals surface area contributed by atoms with Gasteiger partial charge >= 0.3 is 0 Å². The molecule has 3 nitrogen and oxygen atoms in total. The van der Waals surface area contributed by atoms with Crippen molar-refractivity contribution in [3.05, 3.63) is 48.5 Å². The van der Waals surface area contributed by atoms with Crippen LogP contribution in [0.15, 0.2) is 48.5 Å². The molecule has 0 radical (unpaired) electrons. The Kier molecular flexibility index (Phi) is 2.05. The molecular formula is C14H13N3. The van der Waals surface area contributed by atoms with Gasteiger partial charge in [-0.15, -0.1) is 0 Å². The Morgan fingerprint density at radius 2 is 1.65 bits per heavy atom. The van der Waals surface area contributed by atoms with Crippen molar-refractivity contribution in [2.45, 2.75) is 0 Å². The second-order valence-electron chi connectivity index (χ2n) is 4.16. The van der Waals surface area contributed by atoms with E-state index in [1.54, 1.807) is 0 Å². The second-order valence-corrected chi connectivity index (χ2v) is 4.16. The third kappa shape index (κ3) is 1.72. The fourth-order valence-electron chi connectivity index (χ4n) is 2.01. The number of hydrogen-bond acceptors (Lipinski definition) is 2. The normalized spacial score (nSPS) is 10.8. The monoisotopic (exact) mass is 223 g/mol. The number of aromatic nitrogens is 1. The van der Waals surface area contributed by atoms with Crippen LogP contribution in [0.4, 0.5) is 11.4 Å². The van der Waals surface area contributed by atoms with Gasteiger partial charge in [0.2, 0.25) is 0 Å². The molecule has 0 saturated heterocycles. The van der Waals surface area contributed by atoms with Gasteiger partial charge < -0.3 is 16.5 Å². The summed E-state index contributed by atoms with van der Waals surface area (Å²) in [5.41, 5.74) is 16.3. The number of fused-ring (bicyclic) bond motifs is 1. The molecule has 0 atom stereocenters. The van der Waals surface area contributed by atoms with E-state index in [2.05, 4.69) is 11.1 Å². The van der Waals surface area contributed by atoms with Crippen molar-refractivity contribution in [1.82, 2.24) is 4.98 Å². The molecule has 3 rings (SSSR count). The quantitative estimate of drug-likeness (QED) is 0.555. The van der Waals surface area contributed by atoms with Crippen LogP contribution in [0.5, 0.6) is 0 Å². The van der Waals surface area contributed by atoms with Gasteiger partial charge in [-0.1, -0.05) is 12.1 Å². The minimum Gasteiger partial charge on any atom is -0.399 e. The van der Waals surface area contributed by atoms with Crippen molar-refractivity contribution < 1.29 is 0 Å². The molecule has 84 valence electrons. The highest BCUT2D eigenvalue weighted by atomic mass is 14.7. The number of rotatable bonds is 1. The Hall–Kier alpha value is -2.42. The largest absolute Gasteiger partial charge is 0.399 e. The van der Waals surface area contributed by atoms with Crippen LogP contribution in [0, 0.1) is 0 Å². The molecule has 3 aromatic rings. The van der Waals surface area contributed by atoms with Crippen molar-refractivity contribution in [1.29, 1.82) is 0 Å². The summed E-state index contributed by atoms with van der Waals surface area (Å²) >= 11 is 0. The molecule has 0 fully saturated rings. The number of H-pyrrole nitrogens is 1. The third-order valence-corrected chi connectivity index (χ3v) is 2.84. The van der Waals surface area contributed by atoms with Gasteiger partial charge in [0, 0.05) is 28.0 Å². The summed E-state index contributed by atoms with van der Waals surface area (Å²) in [5, 5.41) is 1.11. The molecule has 0 aliphatic rings. The maximum Gasteiger partial charge on any atom is 0.0465 e. The molecule has 0 saturated carbocycles. The Morgan fingerprint density at radius 3 is 2.47 bits per heavy atom. The molecule has 0 aliphatic heterocycles. The van der Waals surface area contributed by atoms with E-state index in [4.69, 9.17) is 11.5 Å². The zero-order chi connectivity index (χ0) is 11.8. The summed E-state index contributed by atoms with van der Waals surface area (Å²) in [6.45, 7) is 0. The van der Waals surface area contributed by atoms with Crippen LogP contribution >= 0.6 is 0 Å². The van der Waals surface area contributed by atoms with Gasteiger partial charge in [0.25, 0.3) is 0 Å². The molecule has 17 heavy (non-hydrogen) atoms. The van der Waals surface area contributed by atoms with Gasteiger partial charge in [0.1, 0.15) is 0 Å². The first-order valence-electron chi connectivity index (χ1n) is 5.46. The first-order valence-corrected chi connectivity index (χ1v) is 5.46. The molecule has 0 spiro atoms.